The third-order valence-corrected chi connectivity index (χ3v) is 6.68. The lowest BCUT2D eigenvalue weighted by Crippen LogP contribution is -2.36. The number of hydrogen-bond donors (Lipinski definition) is 0. The van der Waals surface area contributed by atoms with Crippen LogP contribution in [0, 0.1) is 5.82 Å². The van der Waals surface area contributed by atoms with Gasteiger partial charge in [0.2, 0.25) is 5.88 Å². The zero-order chi connectivity index (χ0) is 20.3. The molecular weight excluding hydrogens is 389 g/mol. The third-order valence-electron chi connectivity index (χ3n) is 6.68. The van der Waals surface area contributed by atoms with Crippen LogP contribution in [0.4, 0.5) is 10.2 Å². The van der Waals surface area contributed by atoms with E-state index in [1.54, 1.807) is 10.6 Å². The average Bonchev–Trinajstić information content (AvgIpc) is 3.44. The van der Waals surface area contributed by atoms with Gasteiger partial charge in [-0.25, -0.2) is 9.18 Å². The Kier molecular flexibility index (Phi) is 3.98. The zero-order valence-electron chi connectivity index (χ0n) is 16.7. The summed E-state index contributed by atoms with van der Waals surface area (Å²) >= 11 is 0. The fourth-order valence-electron chi connectivity index (χ4n) is 4.83. The standard InChI is InChI=1S/C22H24FN3O4/c23-16-9-14(10-17-20(16)30-22(4-5-22)6-8-28-17)13-29-18-11-19-25-7-2-1-3-15(25)12-26(19)21(27)24-18/h9-11,15H,1-8,12-13H2/t15-/m0/s1. The van der Waals surface area contributed by atoms with Gasteiger partial charge in [0.25, 0.3) is 0 Å². The Morgan fingerprint density at radius 3 is 3.00 bits per heavy atom. The van der Waals surface area contributed by atoms with Gasteiger partial charge in [-0.2, -0.15) is 4.98 Å². The average molecular weight is 413 g/mol. The number of ether oxygens (including phenoxy) is 3. The molecule has 0 N–H and O–H groups in total. The first-order chi connectivity index (χ1) is 14.6. The maximum absolute atomic E-state index is 14.7. The van der Waals surface area contributed by atoms with Crippen molar-refractivity contribution in [1.82, 2.24) is 9.55 Å². The lowest BCUT2D eigenvalue weighted by Gasteiger charge is -2.30. The number of benzene rings is 1. The summed E-state index contributed by atoms with van der Waals surface area (Å²) in [6.45, 7) is 2.24. The fourth-order valence-corrected chi connectivity index (χ4v) is 4.83. The van der Waals surface area contributed by atoms with E-state index in [9.17, 15) is 9.18 Å². The molecule has 1 aliphatic carbocycles. The topological polar surface area (TPSA) is 65.8 Å². The maximum Gasteiger partial charge on any atom is 0.352 e. The van der Waals surface area contributed by atoms with Gasteiger partial charge in [0, 0.05) is 31.6 Å². The van der Waals surface area contributed by atoms with Crippen LogP contribution in [0.1, 0.15) is 44.1 Å². The Bertz CT molecular complexity index is 1070. The molecular formula is C22H24FN3O4. The minimum absolute atomic E-state index is 0.0953. The van der Waals surface area contributed by atoms with Gasteiger partial charge in [0.15, 0.2) is 17.3 Å². The monoisotopic (exact) mass is 413 g/mol. The lowest BCUT2D eigenvalue weighted by atomic mass is 10.0. The number of aromatic nitrogens is 2. The molecule has 7 nitrogen and oxygen atoms in total. The second-order valence-corrected chi connectivity index (χ2v) is 8.77. The van der Waals surface area contributed by atoms with Crippen molar-refractivity contribution in [3.8, 4) is 17.4 Å². The van der Waals surface area contributed by atoms with E-state index in [4.69, 9.17) is 14.2 Å². The number of nitrogens with zero attached hydrogens (tertiary/aromatic N) is 3. The molecule has 1 aromatic carbocycles. The molecule has 1 aromatic heterocycles. The summed E-state index contributed by atoms with van der Waals surface area (Å²) in [7, 11) is 0. The van der Waals surface area contributed by atoms with E-state index in [0.717, 1.165) is 44.5 Å². The largest absolute Gasteiger partial charge is 0.489 e. The molecule has 30 heavy (non-hydrogen) atoms. The Labute approximate surface area is 173 Å². The summed E-state index contributed by atoms with van der Waals surface area (Å²) in [5, 5.41) is 0. The summed E-state index contributed by atoms with van der Waals surface area (Å²) in [6.07, 6.45) is 6.07. The van der Waals surface area contributed by atoms with E-state index in [2.05, 4.69) is 9.88 Å². The first-order valence-corrected chi connectivity index (χ1v) is 10.8. The van der Waals surface area contributed by atoms with E-state index in [-0.39, 0.29) is 29.5 Å². The maximum atomic E-state index is 14.7. The fraction of sp³-hybridized carbons (Fsp3) is 0.545. The van der Waals surface area contributed by atoms with Crippen molar-refractivity contribution in [3.63, 3.8) is 0 Å². The van der Waals surface area contributed by atoms with Crippen LogP contribution in [-0.4, -0.2) is 34.3 Å². The van der Waals surface area contributed by atoms with Crippen molar-refractivity contribution in [1.29, 1.82) is 0 Å². The number of rotatable bonds is 3. The van der Waals surface area contributed by atoms with E-state index < -0.39 is 5.82 Å². The van der Waals surface area contributed by atoms with E-state index in [1.807, 2.05) is 6.07 Å². The molecule has 4 aliphatic rings. The Balaban J connectivity index is 1.23. The molecule has 8 heteroatoms. The molecule has 0 bridgehead atoms. The Hall–Kier alpha value is -2.77. The second kappa shape index (κ2) is 6.62. The Morgan fingerprint density at radius 1 is 1.23 bits per heavy atom. The highest BCUT2D eigenvalue weighted by Crippen LogP contribution is 2.48. The van der Waals surface area contributed by atoms with Gasteiger partial charge in [-0.05, 0) is 49.8 Å². The first-order valence-electron chi connectivity index (χ1n) is 10.8. The summed E-state index contributed by atoms with van der Waals surface area (Å²) in [6, 6.07) is 5.35. The predicted octanol–water partition coefficient (Wildman–Crippen LogP) is 3.03. The van der Waals surface area contributed by atoms with Gasteiger partial charge in [-0.3, -0.25) is 4.57 Å². The Morgan fingerprint density at radius 2 is 2.13 bits per heavy atom. The minimum atomic E-state index is -0.447. The van der Waals surface area contributed by atoms with Crippen LogP contribution >= 0.6 is 0 Å². The molecule has 4 heterocycles. The first kappa shape index (κ1) is 18.0. The molecule has 1 saturated heterocycles. The van der Waals surface area contributed by atoms with Gasteiger partial charge in [0.1, 0.15) is 18.0 Å². The van der Waals surface area contributed by atoms with Crippen LogP contribution < -0.4 is 24.8 Å². The van der Waals surface area contributed by atoms with E-state index in [0.29, 0.717) is 30.5 Å². The van der Waals surface area contributed by atoms with Crippen LogP contribution in [0.25, 0.3) is 0 Å². The smallest absolute Gasteiger partial charge is 0.352 e. The number of halogens is 1. The summed E-state index contributed by atoms with van der Waals surface area (Å²) in [4.78, 5) is 18.8. The van der Waals surface area contributed by atoms with Crippen molar-refractivity contribution in [2.75, 3.05) is 18.1 Å². The van der Waals surface area contributed by atoms with Crippen LogP contribution in [-0.2, 0) is 13.2 Å². The molecule has 2 aromatic rings. The third kappa shape index (κ3) is 3.00. The second-order valence-electron chi connectivity index (χ2n) is 8.77. The normalized spacial score (nSPS) is 23.0. The van der Waals surface area contributed by atoms with Gasteiger partial charge in [-0.15, -0.1) is 0 Å². The number of piperidine rings is 1. The summed E-state index contributed by atoms with van der Waals surface area (Å²) in [5.74, 6) is 1.29. The van der Waals surface area contributed by atoms with Crippen molar-refractivity contribution in [2.24, 2.45) is 0 Å². The molecule has 0 unspecified atom stereocenters. The number of hydrogen-bond acceptors (Lipinski definition) is 6. The quantitative estimate of drug-likeness (QED) is 0.771. The summed E-state index contributed by atoms with van der Waals surface area (Å²) in [5.41, 5.74) is 0.0729. The summed E-state index contributed by atoms with van der Waals surface area (Å²) < 4.78 is 33.9. The minimum Gasteiger partial charge on any atom is -0.489 e. The van der Waals surface area contributed by atoms with Crippen LogP contribution in [0.2, 0.25) is 0 Å². The molecule has 6 rings (SSSR count). The predicted molar refractivity (Wildman–Crippen MR) is 107 cm³/mol. The van der Waals surface area contributed by atoms with Crippen LogP contribution in [0.15, 0.2) is 23.0 Å². The molecule has 1 saturated carbocycles. The van der Waals surface area contributed by atoms with Crippen molar-refractivity contribution in [3.05, 3.63) is 40.1 Å². The van der Waals surface area contributed by atoms with Crippen LogP contribution in [0.3, 0.4) is 0 Å². The van der Waals surface area contributed by atoms with Gasteiger partial charge in [0.05, 0.1) is 6.61 Å². The van der Waals surface area contributed by atoms with Crippen molar-refractivity contribution >= 4 is 5.82 Å². The molecule has 0 amide bonds. The van der Waals surface area contributed by atoms with Crippen molar-refractivity contribution in [2.45, 2.75) is 63.3 Å². The van der Waals surface area contributed by atoms with Gasteiger partial charge in [-0.1, -0.05) is 0 Å². The lowest BCUT2D eigenvalue weighted by molar-refractivity contribution is 0.163. The van der Waals surface area contributed by atoms with Crippen molar-refractivity contribution < 1.29 is 18.6 Å². The highest BCUT2D eigenvalue weighted by molar-refractivity contribution is 5.48. The van der Waals surface area contributed by atoms with E-state index >= 15 is 0 Å². The molecule has 158 valence electrons. The molecule has 3 aliphatic heterocycles. The SMILES string of the molecule is O=c1nc(OCc2cc(F)c3c(c2)OCCC2(CC2)O3)cc2n1C[C@@H]1CCCCN21. The van der Waals surface area contributed by atoms with Crippen LogP contribution in [0.5, 0.6) is 17.4 Å². The molecule has 1 atom stereocenters. The van der Waals surface area contributed by atoms with E-state index in [1.165, 1.54) is 12.5 Å². The highest BCUT2D eigenvalue weighted by Gasteiger charge is 2.47. The molecule has 2 fully saturated rings. The van der Waals surface area contributed by atoms with Gasteiger partial charge < -0.3 is 19.1 Å². The highest BCUT2D eigenvalue weighted by atomic mass is 19.1. The number of fused-ring (bicyclic) bond motifs is 4. The molecule has 0 radical (unpaired) electrons. The van der Waals surface area contributed by atoms with Gasteiger partial charge >= 0.3 is 5.69 Å². The zero-order valence-corrected chi connectivity index (χ0v) is 16.7. The molecule has 1 spiro atoms. The number of anilines is 1.